The van der Waals surface area contributed by atoms with Crippen LogP contribution >= 0.6 is 0 Å². The number of rotatable bonds is 6. The molecule has 0 saturated carbocycles. The van der Waals surface area contributed by atoms with E-state index in [1.165, 1.54) is 0 Å². The third-order valence-electron chi connectivity index (χ3n) is 6.12. The number of benzene rings is 2. The van der Waals surface area contributed by atoms with Crippen molar-refractivity contribution in [3.63, 3.8) is 0 Å². The number of fused-ring (bicyclic) bond motifs is 1. The third kappa shape index (κ3) is 4.48. The lowest BCUT2D eigenvalue weighted by Gasteiger charge is -2.35. The summed E-state index contributed by atoms with van der Waals surface area (Å²) in [4.78, 5) is 36.1. The number of nitrogens with zero attached hydrogens (tertiary/aromatic N) is 4. The highest BCUT2D eigenvalue weighted by Crippen LogP contribution is 2.21. The quantitative estimate of drug-likeness (QED) is 0.501. The number of hydrogen-bond donors (Lipinski definition) is 1. The van der Waals surface area contributed by atoms with Crippen LogP contribution in [-0.4, -0.2) is 50.4 Å². The van der Waals surface area contributed by atoms with E-state index in [2.05, 4.69) is 15.3 Å². The maximum absolute atomic E-state index is 13.1. The molecule has 0 bridgehead atoms. The molecule has 1 fully saturated rings. The summed E-state index contributed by atoms with van der Waals surface area (Å²) < 4.78 is 1.99. The topological polar surface area (TPSA) is 80.1 Å². The normalized spacial score (nSPS) is 16.1. The number of amides is 2. The fourth-order valence-corrected chi connectivity index (χ4v) is 4.35. The fourth-order valence-electron chi connectivity index (χ4n) is 4.35. The van der Waals surface area contributed by atoms with Crippen molar-refractivity contribution in [1.29, 1.82) is 0 Å². The molecule has 1 N–H and O–H groups in total. The van der Waals surface area contributed by atoms with E-state index in [0.717, 1.165) is 27.7 Å². The van der Waals surface area contributed by atoms with Gasteiger partial charge in [-0.3, -0.25) is 14.6 Å². The van der Waals surface area contributed by atoms with Crippen LogP contribution in [0, 0.1) is 0 Å². The van der Waals surface area contributed by atoms with Gasteiger partial charge < -0.3 is 14.8 Å². The number of pyridine rings is 1. The minimum atomic E-state index is -0.505. The maximum atomic E-state index is 13.1. The second kappa shape index (κ2) is 9.24. The molecular formula is C26H25N5O2. The van der Waals surface area contributed by atoms with Gasteiger partial charge in [0.15, 0.2) is 0 Å². The van der Waals surface area contributed by atoms with Crippen LogP contribution in [0.5, 0.6) is 0 Å². The fraction of sp³-hybridized carbons (Fsp3) is 0.231. The SMILES string of the molecule is O=C1NCCN(C(=O)CCn2cnc3ccccc32)[C@H]1Cc1ccc(-c2cccnc2)cc1. The zero-order valence-corrected chi connectivity index (χ0v) is 18.2. The first kappa shape index (κ1) is 20.9. The minimum absolute atomic E-state index is 0.0142. The Balaban J connectivity index is 1.27. The number of carbonyl (C=O) groups excluding carboxylic acids is 2. The van der Waals surface area contributed by atoms with Gasteiger partial charge in [-0.25, -0.2) is 4.98 Å². The highest BCUT2D eigenvalue weighted by atomic mass is 16.2. The monoisotopic (exact) mass is 439 g/mol. The molecule has 1 atom stereocenters. The predicted molar refractivity (Wildman–Crippen MR) is 126 cm³/mol. The lowest BCUT2D eigenvalue weighted by Crippen LogP contribution is -2.58. The van der Waals surface area contributed by atoms with Crippen LogP contribution in [0.25, 0.3) is 22.2 Å². The summed E-state index contributed by atoms with van der Waals surface area (Å²) in [5.74, 6) is -0.112. The van der Waals surface area contributed by atoms with E-state index in [0.29, 0.717) is 32.5 Å². The number of hydrogen-bond acceptors (Lipinski definition) is 4. The number of piperazine rings is 1. The van der Waals surface area contributed by atoms with Crippen LogP contribution in [0.4, 0.5) is 0 Å². The van der Waals surface area contributed by atoms with Crippen LogP contribution in [0.2, 0.25) is 0 Å². The molecule has 7 heteroatoms. The second-order valence-electron chi connectivity index (χ2n) is 8.21. The number of imidazole rings is 1. The zero-order chi connectivity index (χ0) is 22.6. The Morgan fingerprint density at radius 3 is 2.70 bits per heavy atom. The van der Waals surface area contributed by atoms with Crippen molar-refractivity contribution in [3.05, 3.63) is 84.9 Å². The molecule has 2 aromatic carbocycles. The summed E-state index contributed by atoms with van der Waals surface area (Å²) in [6, 6.07) is 19.4. The first-order valence-electron chi connectivity index (χ1n) is 11.2. The van der Waals surface area contributed by atoms with Gasteiger partial charge in [0.1, 0.15) is 6.04 Å². The summed E-state index contributed by atoms with van der Waals surface area (Å²) in [5.41, 5.74) is 5.05. The van der Waals surface area contributed by atoms with Gasteiger partial charge in [-0.1, -0.05) is 42.5 Å². The van der Waals surface area contributed by atoms with Gasteiger partial charge in [-0.2, -0.15) is 0 Å². The average Bonchev–Trinajstić information content (AvgIpc) is 3.28. The van der Waals surface area contributed by atoms with Gasteiger partial charge in [0, 0.05) is 44.9 Å². The van der Waals surface area contributed by atoms with Crippen molar-refractivity contribution in [3.8, 4) is 11.1 Å². The van der Waals surface area contributed by atoms with Crippen LogP contribution in [0.1, 0.15) is 12.0 Å². The van der Waals surface area contributed by atoms with Crippen molar-refractivity contribution >= 4 is 22.8 Å². The molecule has 0 radical (unpaired) electrons. The van der Waals surface area contributed by atoms with Gasteiger partial charge in [-0.15, -0.1) is 0 Å². The summed E-state index contributed by atoms with van der Waals surface area (Å²) in [5, 5.41) is 2.91. The number of nitrogens with one attached hydrogen (secondary N) is 1. The van der Waals surface area contributed by atoms with E-state index in [9.17, 15) is 9.59 Å². The van der Waals surface area contributed by atoms with Crippen molar-refractivity contribution < 1.29 is 9.59 Å². The van der Waals surface area contributed by atoms with Crippen molar-refractivity contribution in [2.24, 2.45) is 0 Å². The standard InChI is InChI=1S/C26H25N5O2/c32-25(11-14-30-18-29-22-5-1-2-6-23(22)30)31-15-13-28-26(33)24(31)16-19-7-9-20(10-8-19)21-4-3-12-27-17-21/h1-10,12,17-18,24H,11,13-16H2,(H,28,33)/t24-/m0/s1. The lowest BCUT2D eigenvalue weighted by molar-refractivity contribution is -0.143. The first-order chi connectivity index (χ1) is 16.2. The van der Waals surface area contributed by atoms with E-state index in [-0.39, 0.29) is 11.8 Å². The van der Waals surface area contributed by atoms with Gasteiger partial charge in [0.25, 0.3) is 0 Å². The van der Waals surface area contributed by atoms with Gasteiger partial charge >= 0.3 is 0 Å². The largest absolute Gasteiger partial charge is 0.353 e. The molecule has 7 nitrogen and oxygen atoms in total. The Morgan fingerprint density at radius 2 is 1.88 bits per heavy atom. The highest BCUT2D eigenvalue weighted by molar-refractivity contribution is 5.89. The Bertz CT molecular complexity index is 1270. The third-order valence-corrected chi connectivity index (χ3v) is 6.12. The van der Waals surface area contributed by atoms with Crippen molar-refractivity contribution in [1.82, 2.24) is 24.8 Å². The molecule has 1 aliphatic rings. The molecule has 0 unspecified atom stereocenters. The van der Waals surface area contributed by atoms with Crippen LogP contribution < -0.4 is 5.32 Å². The van der Waals surface area contributed by atoms with Crippen LogP contribution in [-0.2, 0) is 22.6 Å². The Morgan fingerprint density at radius 1 is 1.03 bits per heavy atom. The molecule has 5 rings (SSSR count). The minimum Gasteiger partial charge on any atom is -0.353 e. The van der Waals surface area contributed by atoms with E-state index in [1.54, 1.807) is 17.4 Å². The molecule has 0 aliphatic carbocycles. The Labute approximate surface area is 192 Å². The molecule has 3 heterocycles. The summed E-state index contributed by atoms with van der Waals surface area (Å²) in [7, 11) is 0. The van der Waals surface area contributed by atoms with E-state index in [1.807, 2.05) is 71.4 Å². The zero-order valence-electron chi connectivity index (χ0n) is 18.2. The van der Waals surface area contributed by atoms with E-state index >= 15 is 0 Å². The van der Waals surface area contributed by atoms with Crippen molar-refractivity contribution in [2.45, 2.75) is 25.4 Å². The molecule has 33 heavy (non-hydrogen) atoms. The van der Waals surface area contributed by atoms with Gasteiger partial charge in [-0.05, 0) is 34.9 Å². The molecular weight excluding hydrogens is 414 g/mol. The van der Waals surface area contributed by atoms with Crippen molar-refractivity contribution in [2.75, 3.05) is 13.1 Å². The average molecular weight is 440 g/mol. The predicted octanol–water partition coefficient (Wildman–Crippen LogP) is 3.06. The molecule has 1 saturated heterocycles. The number of aromatic nitrogens is 3. The molecule has 166 valence electrons. The van der Waals surface area contributed by atoms with E-state index < -0.39 is 6.04 Å². The second-order valence-corrected chi connectivity index (χ2v) is 8.21. The molecule has 2 aromatic heterocycles. The van der Waals surface area contributed by atoms with Gasteiger partial charge in [0.05, 0.1) is 17.4 Å². The maximum Gasteiger partial charge on any atom is 0.243 e. The Kier molecular flexibility index (Phi) is 5.85. The lowest BCUT2D eigenvalue weighted by atomic mass is 9.99. The highest BCUT2D eigenvalue weighted by Gasteiger charge is 2.32. The summed E-state index contributed by atoms with van der Waals surface area (Å²) >= 11 is 0. The molecule has 0 spiro atoms. The van der Waals surface area contributed by atoms with Crippen LogP contribution in [0.3, 0.4) is 0 Å². The summed E-state index contributed by atoms with van der Waals surface area (Å²) in [6.07, 6.45) is 6.15. The number of carbonyl (C=O) groups is 2. The Hall–Kier alpha value is -4.00. The molecule has 4 aromatic rings. The summed E-state index contributed by atoms with van der Waals surface area (Å²) in [6.45, 7) is 1.53. The number of aryl methyl sites for hydroxylation is 1. The molecule has 2 amide bonds. The number of para-hydroxylation sites is 2. The first-order valence-corrected chi connectivity index (χ1v) is 11.2. The van der Waals surface area contributed by atoms with E-state index in [4.69, 9.17) is 0 Å². The molecule has 1 aliphatic heterocycles. The van der Waals surface area contributed by atoms with Crippen LogP contribution in [0.15, 0.2) is 79.4 Å². The smallest absolute Gasteiger partial charge is 0.243 e. The van der Waals surface area contributed by atoms with Gasteiger partial charge in [0.2, 0.25) is 11.8 Å².